The Kier molecular flexibility index (Phi) is 4.91. The Morgan fingerprint density at radius 2 is 1.66 bits per heavy atom. The summed E-state index contributed by atoms with van der Waals surface area (Å²) in [7, 11) is 0. The molecule has 0 N–H and O–H groups in total. The van der Waals surface area contributed by atoms with Crippen molar-refractivity contribution in [1.82, 2.24) is 0 Å². The molecule has 0 unspecified atom stereocenters. The number of nitrogens with zero attached hydrogens (tertiary/aromatic N) is 2. The second-order valence-corrected chi connectivity index (χ2v) is 10.1. The fourth-order valence-electron chi connectivity index (χ4n) is 6.25. The molecule has 2 heterocycles. The van der Waals surface area contributed by atoms with Crippen LogP contribution in [0.25, 0.3) is 0 Å². The maximum atomic E-state index is 13.1. The lowest BCUT2D eigenvalue weighted by molar-refractivity contribution is -0.139. The average Bonchev–Trinajstić information content (AvgIpc) is 3.58. The van der Waals surface area contributed by atoms with Crippen LogP contribution in [0.5, 0.6) is 5.75 Å². The molecule has 5 atom stereocenters. The van der Waals surface area contributed by atoms with Crippen LogP contribution in [-0.4, -0.2) is 30.2 Å². The molecule has 2 saturated heterocycles. The third-order valence-electron chi connectivity index (χ3n) is 7.87. The average molecular weight is 471 g/mol. The predicted octanol–water partition coefficient (Wildman–Crippen LogP) is 3.57. The zero-order chi connectivity index (χ0) is 24.4. The van der Waals surface area contributed by atoms with Gasteiger partial charge in [0.2, 0.25) is 17.7 Å². The van der Waals surface area contributed by atoms with Gasteiger partial charge in [-0.2, -0.15) is 0 Å². The summed E-state index contributed by atoms with van der Waals surface area (Å²) in [5.74, 6) is -1.62. The van der Waals surface area contributed by atoms with Gasteiger partial charge in [-0.15, -0.1) is 0 Å². The number of esters is 1. The summed E-state index contributed by atoms with van der Waals surface area (Å²) in [6.07, 6.45) is 5.07. The van der Waals surface area contributed by atoms with Gasteiger partial charge < -0.3 is 9.64 Å². The minimum absolute atomic E-state index is 0.0775. The van der Waals surface area contributed by atoms with E-state index in [2.05, 4.69) is 12.2 Å². The van der Waals surface area contributed by atoms with Gasteiger partial charge in [-0.25, -0.2) is 4.90 Å². The highest BCUT2D eigenvalue weighted by atomic mass is 16.5. The standard InChI is InChI=1S/C28H26N2O5/c1-15-6-9-22(16(2)10-15)29-14-19(12-23(29)31)28(34)35-21-5-3-4-20(13-21)30-26(32)24-17-7-8-18(11-17)25(24)27(30)33/h3-10,13,17-19,24-25H,11-12,14H2,1-2H3/t17-,18-,19-,24-,25+/m0/s1. The molecule has 1 saturated carbocycles. The van der Waals surface area contributed by atoms with Gasteiger partial charge >= 0.3 is 5.97 Å². The van der Waals surface area contributed by atoms with Crippen LogP contribution in [0.2, 0.25) is 0 Å². The number of anilines is 2. The van der Waals surface area contributed by atoms with Gasteiger partial charge in [-0.3, -0.25) is 19.2 Å². The molecule has 7 heteroatoms. The summed E-state index contributed by atoms with van der Waals surface area (Å²) in [6, 6.07) is 12.4. The van der Waals surface area contributed by atoms with Crippen molar-refractivity contribution in [2.75, 3.05) is 16.3 Å². The summed E-state index contributed by atoms with van der Waals surface area (Å²) in [5.41, 5.74) is 3.31. The van der Waals surface area contributed by atoms with Gasteiger partial charge in [0.25, 0.3) is 0 Å². The van der Waals surface area contributed by atoms with Crippen molar-refractivity contribution in [2.24, 2.45) is 29.6 Å². The molecule has 0 aromatic heterocycles. The predicted molar refractivity (Wildman–Crippen MR) is 129 cm³/mol. The molecule has 2 aliphatic heterocycles. The number of allylic oxidation sites excluding steroid dienone is 2. The van der Waals surface area contributed by atoms with E-state index in [1.807, 2.05) is 32.0 Å². The highest BCUT2D eigenvalue weighted by molar-refractivity contribution is 6.22. The fraction of sp³-hybridized carbons (Fsp3) is 0.357. The van der Waals surface area contributed by atoms with E-state index in [4.69, 9.17) is 4.74 Å². The number of aryl methyl sites for hydroxylation is 2. The topological polar surface area (TPSA) is 84.0 Å². The number of rotatable bonds is 4. The van der Waals surface area contributed by atoms with Crippen molar-refractivity contribution in [2.45, 2.75) is 26.7 Å². The Bertz CT molecular complexity index is 1280. The van der Waals surface area contributed by atoms with Crippen molar-refractivity contribution >= 4 is 35.1 Å². The number of carbonyl (C=O) groups excluding carboxylic acids is 4. The number of hydrogen-bond acceptors (Lipinski definition) is 5. The maximum Gasteiger partial charge on any atom is 0.316 e. The van der Waals surface area contributed by atoms with Crippen LogP contribution in [0.4, 0.5) is 11.4 Å². The van der Waals surface area contributed by atoms with E-state index >= 15 is 0 Å². The van der Waals surface area contributed by atoms with Crippen LogP contribution in [0, 0.1) is 43.4 Å². The molecular weight excluding hydrogens is 444 g/mol. The summed E-state index contributed by atoms with van der Waals surface area (Å²) in [5, 5.41) is 0. The summed E-state index contributed by atoms with van der Waals surface area (Å²) in [6.45, 7) is 4.19. The first-order valence-electron chi connectivity index (χ1n) is 12.1. The fourth-order valence-corrected chi connectivity index (χ4v) is 6.25. The zero-order valence-corrected chi connectivity index (χ0v) is 19.6. The molecule has 0 radical (unpaired) electrons. The van der Waals surface area contributed by atoms with Gasteiger partial charge in [0.15, 0.2) is 0 Å². The van der Waals surface area contributed by atoms with Crippen LogP contribution >= 0.6 is 0 Å². The molecule has 35 heavy (non-hydrogen) atoms. The quantitative estimate of drug-likeness (QED) is 0.295. The van der Waals surface area contributed by atoms with Gasteiger partial charge in [0, 0.05) is 24.7 Å². The summed E-state index contributed by atoms with van der Waals surface area (Å²) in [4.78, 5) is 54.7. The van der Waals surface area contributed by atoms with Crippen LogP contribution < -0.4 is 14.5 Å². The Morgan fingerprint density at radius 3 is 2.34 bits per heavy atom. The van der Waals surface area contributed by atoms with Crippen molar-refractivity contribution in [3.05, 3.63) is 65.7 Å². The van der Waals surface area contributed by atoms with Crippen LogP contribution in [-0.2, 0) is 19.2 Å². The first-order valence-corrected chi connectivity index (χ1v) is 12.1. The van der Waals surface area contributed by atoms with E-state index in [9.17, 15) is 19.2 Å². The molecule has 2 aromatic carbocycles. The maximum absolute atomic E-state index is 13.1. The molecule has 2 aliphatic carbocycles. The molecule has 178 valence electrons. The summed E-state index contributed by atoms with van der Waals surface area (Å²) >= 11 is 0. The van der Waals surface area contributed by atoms with E-state index < -0.39 is 11.9 Å². The van der Waals surface area contributed by atoms with E-state index in [0.717, 1.165) is 23.2 Å². The number of imide groups is 1. The van der Waals surface area contributed by atoms with E-state index in [1.165, 1.54) is 4.90 Å². The van der Waals surface area contributed by atoms with Gasteiger partial charge in [-0.05, 0) is 55.9 Å². The van der Waals surface area contributed by atoms with E-state index in [-0.39, 0.29) is 60.1 Å². The molecule has 2 aromatic rings. The Morgan fingerprint density at radius 1 is 0.943 bits per heavy atom. The smallest absolute Gasteiger partial charge is 0.316 e. The molecule has 3 fully saturated rings. The lowest BCUT2D eigenvalue weighted by atomic mass is 9.85. The molecule has 6 rings (SSSR count). The molecule has 0 spiro atoms. The van der Waals surface area contributed by atoms with Crippen LogP contribution in [0.1, 0.15) is 24.0 Å². The summed E-state index contributed by atoms with van der Waals surface area (Å²) < 4.78 is 5.62. The molecule has 4 aliphatic rings. The monoisotopic (exact) mass is 470 g/mol. The lowest BCUT2D eigenvalue weighted by Crippen LogP contribution is -2.32. The minimum Gasteiger partial charge on any atom is -0.426 e. The first-order chi connectivity index (χ1) is 16.8. The Balaban J connectivity index is 1.17. The van der Waals surface area contributed by atoms with Crippen molar-refractivity contribution in [1.29, 1.82) is 0 Å². The largest absolute Gasteiger partial charge is 0.426 e. The van der Waals surface area contributed by atoms with Gasteiger partial charge in [0.05, 0.1) is 23.4 Å². The number of amides is 3. The van der Waals surface area contributed by atoms with E-state index in [1.54, 1.807) is 29.2 Å². The Hall–Kier alpha value is -3.74. The second-order valence-electron chi connectivity index (χ2n) is 10.1. The Labute approximate surface area is 203 Å². The molecular formula is C28H26N2O5. The SMILES string of the molecule is Cc1ccc(N2C[C@@H](C(=O)Oc3cccc(N4C(=O)[C@@H]5[C@H](C4=O)[C@H]4C=C[C@H]5C4)c3)CC2=O)c(C)c1. The molecule has 3 amide bonds. The van der Waals surface area contributed by atoms with Crippen LogP contribution in [0.15, 0.2) is 54.6 Å². The van der Waals surface area contributed by atoms with Crippen molar-refractivity contribution in [3.63, 3.8) is 0 Å². The number of fused-ring (bicyclic) bond motifs is 5. The zero-order valence-electron chi connectivity index (χ0n) is 19.6. The number of ether oxygens (including phenoxy) is 1. The highest BCUT2D eigenvalue weighted by Crippen LogP contribution is 2.53. The van der Waals surface area contributed by atoms with Gasteiger partial charge in [0.1, 0.15) is 5.75 Å². The number of hydrogen-bond donors (Lipinski definition) is 0. The first kappa shape index (κ1) is 21.8. The minimum atomic E-state index is -0.594. The molecule has 7 nitrogen and oxygen atoms in total. The normalized spacial score (nSPS) is 28.9. The van der Waals surface area contributed by atoms with E-state index in [0.29, 0.717) is 5.69 Å². The van der Waals surface area contributed by atoms with Gasteiger partial charge in [-0.1, -0.05) is 35.9 Å². The second kappa shape index (κ2) is 7.90. The number of carbonyl (C=O) groups is 4. The van der Waals surface area contributed by atoms with Crippen molar-refractivity contribution in [3.8, 4) is 5.75 Å². The third-order valence-corrected chi connectivity index (χ3v) is 7.87. The lowest BCUT2D eigenvalue weighted by Gasteiger charge is -2.19. The third kappa shape index (κ3) is 3.40. The van der Waals surface area contributed by atoms with Crippen LogP contribution in [0.3, 0.4) is 0 Å². The molecule has 2 bridgehead atoms. The van der Waals surface area contributed by atoms with Crippen molar-refractivity contribution < 1.29 is 23.9 Å². The highest BCUT2D eigenvalue weighted by Gasteiger charge is 2.59. The number of benzene rings is 2.